The number of benzene rings is 2. The van der Waals surface area contributed by atoms with Crippen LogP contribution in [0.5, 0.6) is 0 Å². The molecule has 0 aliphatic carbocycles. The molecule has 1 aromatic heterocycles. The maximum Gasteiger partial charge on any atom is 0.338 e. The highest BCUT2D eigenvalue weighted by Gasteiger charge is 2.10. The van der Waals surface area contributed by atoms with Crippen LogP contribution < -0.4 is 0 Å². The average Bonchev–Trinajstić information content (AvgIpc) is 3.13. The minimum atomic E-state index is -0.356. The fourth-order valence-corrected chi connectivity index (χ4v) is 3.01. The number of hydrogen-bond acceptors (Lipinski definition) is 5. The quantitative estimate of drug-likeness (QED) is 0.615. The number of hydrogen-bond donors (Lipinski definition) is 0. The Balaban J connectivity index is 1.49. The van der Waals surface area contributed by atoms with Gasteiger partial charge in [0.2, 0.25) is 0 Å². The molecule has 1 heterocycles. The normalized spacial score (nSPS) is 10.2. The lowest BCUT2D eigenvalue weighted by molar-refractivity contribution is 0.0469. The van der Waals surface area contributed by atoms with Crippen LogP contribution in [0.25, 0.3) is 0 Å². The van der Waals surface area contributed by atoms with Crippen molar-refractivity contribution in [1.82, 2.24) is 0 Å². The van der Waals surface area contributed by atoms with Gasteiger partial charge in [-0.25, -0.2) is 9.59 Å². The second-order valence-corrected chi connectivity index (χ2v) is 6.51. The van der Waals surface area contributed by atoms with Gasteiger partial charge in [-0.05, 0) is 36.4 Å². The van der Waals surface area contributed by atoms with Crippen molar-refractivity contribution in [2.24, 2.45) is 0 Å². The molecule has 0 radical (unpaired) electrons. The summed E-state index contributed by atoms with van der Waals surface area (Å²) in [5.41, 5.74) is 1.05. The van der Waals surface area contributed by atoms with Crippen molar-refractivity contribution >= 4 is 23.3 Å². The highest BCUT2D eigenvalue weighted by molar-refractivity contribution is 7.11. The van der Waals surface area contributed by atoms with E-state index < -0.39 is 0 Å². The van der Waals surface area contributed by atoms with Gasteiger partial charge in [0, 0.05) is 9.75 Å². The Morgan fingerprint density at radius 3 is 1.44 bits per heavy atom. The largest absolute Gasteiger partial charge is 0.456 e. The van der Waals surface area contributed by atoms with Crippen molar-refractivity contribution in [3.05, 3.63) is 93.7 Å². The molecule has 0 bridgehead atoms. The lowest BCUT2D eigenvalue weighted by atomic mass is 10.2. The number of ether oxygens (including phenoxy) is 2. The van der Waals surface area contributed by atoms with Gasteiger partial charge in [0.05, 0.1) is 11.1 Å². The first kappa shape index (κ1) is 16.9. The van der Waals surface area contributed by atoms with Gasteiger partial charge >= 0.3 is 11.9 Å². The lowest BCUT2D eigenvalue weighted by Crippen LogP contribution is -2.04. The highest BCUT2D eigenvalue weighted by Crippen LogP contribution is 2.19. The average molecular weight is 352 g/mol. The van der Waals surface area contributed by atoms with Gasteiger partial charge in [0.1, 0.15) is 13.2 Å². The summed E-state index contributed by atoms with van der Waals surface area (Å²) in [6.07, 6.45) is 0. The molecule has 2 aromatic carbocycles. The molecule has 0 aliphatic heterocycles. The second-order valence-electron chi connectivity index (χ2n) is 5.25. The number of carbonyl (C=O) groups excluding carboxylic acids is 2. The molecule has 0 unspecified atom stereocenters. The first-order chi connectivity index (χ1) is 12.2. The van der Waals surface area contributed by atoms with E-state index in [9.17, 15) is 9.59 Å². The van der Waals surface area contributed by atoms with E-state index in [4.69, 9.17) is 9.47 Å². The molecular formula is C20H16O4S. The maximum absolute atomic E-state index is 11.9. The fraction of sp³-hybridized carbons (Fsp3) is 0.100. The van der Waals surface area contributed by atoms with E-state index in [-0.39, 0.29) is 25.2 Å². The number of rotatable bonds is 6. The summed E-state index contributed by atoms with van der Waals surface area (Å²) >= 11 is 1.45. The summed E-state index contributed by atoms with van der Waals surface area (Å²) in [5, 5.41) is 0. The van der Waals surface area contributed by atoms with E-state index in [0.717, 1.165) is 9.75 Å². The topological polar surface area (TPSA) is 52.6 Å². The summed E-state index contributed by atoms with van der Waals surface area (Å²) in [6.45, 7) is 0.399. The van der Waals surface area contributed by atoms with E-state index in [1.54, 1.807) is 48.5 Å². The zero-order chi connectivity index (χ0) is 17.5. The van der Waals surface area contributed by atoms with Gasteiger partial charge in [0.25, 0.3) is 0 Å². The van der Waals surface area contributed by atoms with Crippen LogP contribution in [-0.2, 0) is 22.7 Å². The SMILES string of the molecule is O=C(OCc1ccc(COC(=O)c2ccccc2)s1)c1ccccc1. The van der Waals surface area contributed by atoms with Crippen LogP contribution in [0.15, 0.2) is 72.8 Å². The van der Waals surface area contributed by atoms with Gasteiger partial charge in [-0.15, -0.1) is 11.3 Å². The van der Waals surface area contributed by atoms with Crippen LogP contribution in [0.1, 0.15) is 30.5 Å². The Hall–Kier alpha value is -2.92. The highest BCUT2D eigenvalue weighted by atomic mass is 32.1. The molecule has 25 heavy (non-hydrogen) atoms. The first-order valence-corrected chi connectivity index (χ1v) is 8.56. The van der Waals surface area contributed by atoms with E-state index in [1.165, 1.54) is 11.3 Å². The van der Waals surface area contributed by atoms with Crippen LogP contribution in [-0.4, -0.2) is 11.9 Å². The van der Waals surface area contributed by atoms with Crippen LogP contribution in [0.4, 0.5) is 0 Å². The van der Waals surface area contributed by atoms with E-state index in [1.807, 2.05) is 24.3 Å². The molecule has 5 heteroatoms. The first-order valence-electron chi connectivity index (χ1n) is 7.74. The molecule has 0 amide bonds. The van der Waals surface area contributed by atoms with Crippen LogP contribution in [0.2, 0.25) is 0 Å². The van der Waals surface area contributed by atoms with Crippen LogP contribution in [0, 0.1) is 0 Å². The fourth-order valence-electron chi connectivity index (χ4n) is 2.17. The summed E-state index contributed by atoms with van der Waals surface area (Å²) in [7, 11) is 0. The van der Waals surface area contributed by atoms with Crippen molar-refractivity contribution < 1.29 is 19.1 Å². The summed E-state index contributed by atoms with van der Waals surface area (Å²) in [4.78, 5) is 25.6. The molecule has 0 saturated heterocycles. The second kappa shape index (κ2) is 8.26. The molecular weight excluding hydrogens is 336 g/mol. The Morgan fingerprint density at radius 1 is 0.640 bits per heavy atom. The molecule has 0 atom stereocenters. The third-order valence-corrected chi connectivity index (χ3v) is 4.46. The summed E-state index contributed by atoms with van der Waals surface area (Å²) in [6, 6.07) is 21.5. The van der Waals surface area contributed by atoms with Crippen molar-refractivity contribution in [1.29, 1.82) is 0 Å². The lowest BCUT2D eigenvalue weighted by Gasteiger charge is -2.03. The molecule has 4 nitrogen and oxygen atoms in total. The third-order valence-electron chi connectivity index (χ3n) is 3.43. The van der Waals surface area contributed by atoms with Crippen molar-refractivity contribution in [3.63, 3.8) is 0 Å². The molecule has 0 aliphatic rings. The van der Waals surface area contributed by atoms with Gasteiger partial charge in [-0.3, -0.25) is 0 Å². The van der Waals surface area contributed by atoms with Crippen LogP contribution >= 0.6 is 11.3 Å². The van der Waals surface area contributed by atoms with Gasteiger partial charge in [-0.1, -0.05) is 36.4 Å². The van der Waals surface area contributed by atoms with Crippen molar-refractivity contribution in [2.75, 3.05) is 0 Å². The number of esters is 2. The maximum atomic E-state index is 11.9. The molecule has 0 spiro atoms. The third kappa shape index (κ3) is 4.78. The molecule has 3 rings (SSSR count). The summed E-state index contributed by atoms with van der Waals surface area (Å²) < 4.78 is 10.6. The smallest absolute Gasteiger partial charge is 0.338 e. The molecule has 0 saturated carbocycles. The summed E-state index contributed by atoms with van der Waals surface area (Å²) in [5.74, 6) is -0.711. The number of carbonyl (C=O) groups is 2. The van der Waals surface area contributed by atoms with E-state index in [2.05, 4.69) is 0 Å². The Labute approximate surface area is 149 Å². The minimum absolute atomic E-state index is 0.199. The standard InChI is InChI=1S/C20H16O4S/c21-19(15-7-3-1-4-8-15)23-13-17-11-12-18(25-17)14-24-20(22)16-9-5-2-6-10-16/h1-12H,13-14H2. The molecule has 126 valence electrons. The monoisotopic (exact) mass is 352 g/mol. The zero-order valence-electron chi connectivity index (χ0n) is 13.4. The Bertz CT molecular complexity index is 770. The van der Waals surface area contributed by atoms with Crippen molar-refractivity contribution in [2.45, 2.75) is 13.2 Å². The Kier molecular flexibility index (Phi) is 5.59. The minimum Gasteiger partial charge on any atom is -0.456 e. The van der Waals surface area contributed by atoms with E-state index in [0.29, 0.717) is 11.1 Å². The predicted molar refractivity (Wildman–Crippen MR) is 95.4 cm³/mol. The Morgan fingerprint density at radius 2 is 1.04 bits per heavy atom. The van der Waals surface area contributed by atoms with Gasteiger partial charge in [0.15, 0.2) is 0 Å². The molecule has 3 aromatic rings. The zero-order valence-corrected chi connectivity index (χ0v) is 14.2. The van der Waals surface area contributed by atoms with Crippen molar-refractivity contribution in [3.8, 4) is 0 Å². The molecule has 0 fully saturated rings. The van der Waals surface area contributed by atoms with E-state index >= 15 is 0 Å². The van der Waals surface area contributed by atoms with Gasteiger partial charge < -0.3 is 9.47 Å². The molecule has 0 N–H and O–H groups in total. The van der Waals surface area contributed by atoms with Crippen LogP contribution in [0.3, 0.4) is 0 Å². The van der Waals surface area contributed by atoms with Gasteiger partial charge in [-0.2, -0.15) is 0 Å². The number of thiophene rings is 1. The predicted octanol–water partition coefficient (Wildman–Crippen LogP) is 4.46.